The third-order valence-electron chi connectivity index (χ3n) is 6.16. The summed E-state index contributed by atoms with van der Waals surface area (Å²) in [6.45, 7) is 16.1. The number of hydrogen-bond acceptors (Lipinski definition) is 3. The van der Waals surface area contributed by atoms with Crippen molar-refractivity contribution < 1.29 is 9.47 Å². The fourth-order valence-electron chi connectivity index (χ4n) is 4.30. The first kappa shape index (κ1) is 20.2. The molecule has 24 heavy (non-hydrogen) atoms. The van der Waals surface area contributed by atoms with Crippen molar-refractivity contribution in [3.05, 3.63) is 0 Å². The van der Waals surface area contributed by atoms with Crippen molar-refractivity contribution in [2.24, 2.45) is 11.3 Å². The van der Waals surface area contributed by atoms with E-state index in [1.807, 2.05) is 0 Å². The van der Waals surface area contributed by atoms with Crippen LogP contribution < -0.4 is 0 Å². The Kier molecular flexibility index (Phi) is 7.58. The van der Waals surface area contributed by atoms with Crippen LogP contribution in [0.25, 0.3) is 0 Å². The maximum atomic E-state index is 6.41. The minimum Gasteiger partial charge on any atom is -0.347 e. The summed E-state index contributed by atoms with van der Waals surface area (Å²) in [6.07, 6.45) is 9.96. The molecule has 1 aliphatic heterocycles. The molecule has 3 nitrogen and oxygen atoms in total. The van der Waals surface area contributed by atoms with Gasteiger partial charge in [-0.2, -0.15) is 0 Å². The highest BCUT2D eigenvalue weighted by Crippen LogP contribution is 2.45. The van der Waals surface area contributed by atoms with Gasteiger partial charge in [0.25, 0.3) is 0 Å². The Bertz CT molecular complexity index is 355. The summed E-state index contributed by atoms with van der Waals surface area (Å²) in [7, 11) is 0. The van der Waals surface area contributed by atoms with E-state index in [1.165, 1.54) is 51.7 Å². The fraction of sp³-hybridized carbons (Fsp3) is 1.00. The van der Waals surface area contributed by atoms with Gasteiger partial charge in [-0.1, -0.05) is 41.0 Å². The highest BCUT2D eigenvalue weighted by molar-refractivity contribution is 4.88. The van der Waals surface area contributed by atoms with E-state index in [1.54, 1.807) is 0 Å². The van der Waals surface area contributed by atoms with Crippen molar-refractivity contribution in [3.8, 4) is 0 Å². The van der Waals surface area contributed by atoms with E-state index < -0.39 is 0 Å². The summed E-state index contributed by atoms with van der Waals surface area (Å²) in [5.41, 5.74) is 0.418. The van der Waals surface area contributed by atoms with E-state index in [9.17, 15) is 0 Å². The van der Waals surface area contributed by atoms with E-state index >= 15 is 0 Å². The lowest BCUT2D eigenvalue weighted by atomic mass is 9.71. The van der Waals surface area contributed by atoms with Gasteiger partial charge in [-0.05, 0) is 63.1 Å². The second-order valence-corrected chi connectivity index (χ2v) is 9.03. The standard InChI is InChI=1S/C21H41NO2/c1-6-8-15-22(7-2)16-9-10-19-17-23-21(24-19)13-11-18(12-14-21)20(3,4)5/h18-19H,6-17H2,1-5H3. The number of unbranched alkanes of at least 4 members (excludes halogenated alkanes) is 1. The maximum Gasteiger partial charge on any atom is 0.168 e. The van der Waals surface area contributed by atoms with Crippen LogP contribution in [-0.4, -0.2) is 43.0 Å². The number of nitrogens with zero attached hydrogens (tertiary/aromatic N) is 1. The molecule has 0 bridgehead atoms. The van der Waals surface area contributed by atoms with Gasteiger partial charge >= 0.3 is 0 Å². The van der Waals surface area contributed by atoms with Crippen LogP contribution in [0.1, 0.15) is 86.0 Å². The Morgan fingerprint density at radius 3 is 2.29 bits per heavy atom. The summed E-state index contributed by atoms with van der Waals surface area (Å²) in [4.78, 5) is 2.57. The SMILES string of the molecule is CCCCN(CC)CCCC1COC2(CCC(C(C)(C)C)CC2)O1. The molecule has 2 rings (SSSR count). The van der Waals surface area contributed by atoms with Gasteiger partial charge in [0.2, 0.25) is 0 Å². The Hall–Kier alpha value is -0.120. The zero-order chi connectivity index (χ0) is 17.6. The Morgan fingerprint density at radius 2 is 1.71 bits per heavy atom. The normalized spacial score (nSPS) is 31.2. The van der Waals surface area contributed by atoms with Gasteiger partial charge in [0, 0.05) is 12.8 Å². The van der Waals surface area contributed by atoms with Crippen molar-refractivity contribution in [2.75, 3.05) is 26.2 Å². The largest absolute Gasteiger partial charge is 0.347 e. The molecular weight excluding hydrogens is 298 g/mol. The molecule has 0 aromatic carbocycles. The zero-order valence-electron chi connectivity index (χ0n) is 16.9. The van der Waals surface area contributed by atoms with Gasteiger partial charge in [-0.25, -0.2) is 0 Å². The van der Waals surface area contributed by atoms with Crippen LogP contribution in [0.3, 0.4) is 0 Å². The van der Waals surface area contributed by atoms with Gasteiger partial charge in [-0.3, -0.25) is 0 Å². The third kappa shape index (κ3) is 5.71. The summed E-state index contributed by atoms with van der Waals surface area (Å²) in [5, 5.41) is 0. The average molecular weight is 340 g/mol. The van der Waals surface area contributed by atoms with Crippen molar-refractivity contribution in [1.29, 1.82) is 0 Å². The molecule has 1 saturated carbocycles. The van der Waals surface area contributed by atoms with E-state index in [0.717, 1.165) is 31.8 Å². The lowest BCUT2D eigenvalue weighted by Crippen LogP contribution is -2.38. The predicted molar refractivity (Wildman–Crippen MR) is 101 cm³/mol. The molecule has 3 heteroatoms. The summed E-state index contributed by atoms with van der Waals surface area (Å²) >= 11 is 0. The number of ether oxygens (including phenoxy) is 2. The predicted octanol–water partition coefficient (Wildman–Crippen LogP) is 5.24. The zero-order valence-corrected chi connectivity index (χ0v) is 16.9. The summed E-state index contributed by atoms with van der Waals surface area (Å²) < 4.78 is 12.6. The molecule has 2 aliphatic rings. The lowest BCUT2D eigenvalue weighted by Gasteiger charge is -2.41. The van der Waals surface area contributed by atoms with Crippen molar-refractivity contribution >= 4 is 0 Å². The van der Waals surface area contributed by atoms with Crippen LogP contribution in [0.15, 0.2) is 0 Å². The van der Waals surface area contributed by atoms with Crippen LogP contribution >= 0.6 is 0 Å². The summed E-state index contributed by atoms with van der Waals surface area (Å²) in [5.74, 6) is 0.574. The first-order valence-corrected chi connectivity index (χ1v) is 10.4. The van der Waals surface area contributed by atoms with Crippen LogP contribution in [0.4, 0.5) is 0 Å². The molecule has 0 radical (unpaired) electrons. The summed E-state index contributed by atoms with van der Waals surface area (Å²) in [6, 6.07) is 0. The van der Waals surface area contributed by atoms with Crippen molar-refractivity contribution in [2.45, 2.75) is 97.9 Å². The molecule has 0 aromatic heterocycles. The monoisotopic (exact) mass is 339 g/mol. The van der Waals surface area contributed by atoms with E-state index in [0.29, 0.717) is 11.5 Å². The Labute approximate surface area is 150 Å². The highest BCUT2D eigenvalue weighted by Gasteiger charge is 2.45. The van der Waals surface area contributed by atoms with Crippen LogP contribution in [0, 0.1) is 11.3 Å². The Morgan fingerprint density at radius 1 is 1.04 bits per heavy atom. The number of rotatable bonds is 8. The van der Waals surface area contributed by atoms with Gasteiger partial charge < -0.3 is 14.4 Å². The van der Waals surface area contributed by atoms with Gasteiger partial charge in [0.15, 0.2) is 5.79 Å². The third-order valence-corrected chi connectivity index (χ3v) is 6.16. The lowest BCUT2D eigenvalue weighted by molar-refractivity contribution is -0.197. The molecule has 2 fully saturated rings. The number of hydrogen-bond donors (Lipinski definition) is 0. The first-order valence-electron chi connectivity index (χ1n) is 10.4. The molecule has 1 aliphatic carbocycles. The van der Waals surface area contributed by atoms with Crippen LogP contribution in [0.2, 0.25) is 0 Å². The van der Waals surface area contributed by atoms with Crippen LogP contribution in [0.5, 0.6) is 0 Å². The molecule has 0 amide bonds. The first-order chi connectivity index (χ1) is 11.4. The van der Waals surface area contributed by atoms with Gasteiger partial charge in [0.05, 0.1) is 12.7 Å². The quantitative estimate of drug-likeness (QED) is 0.604. The van der Waals surface area contributed by atoms with E-state index in [4.69, 9.17) is 9.47 Å². The van der Waals surface area contributed by atoms with Crippen molar-refractivity contribution in [1.82, 2.24) is 4.90 Å². The molecule has 1 spiro atoms. The van der Waals surface area contributed by atoms with E-state index in [2.05, 4.69) is 39.5 Å². The Balaban J connectivity index is 1.68. The molecule has 1 atom stereocenters. The smallest absolute Gasteiger partial charge is 0.168 e. The topological polar surface area (TPSA) is 21.7 Å². The molecule has 142 valence electrons. The van der Waals surface area contributed by atoms with Gasteiger partial charge in [-0.15, -0.1) is 0 Å². The fourth-order valence-corrected chi connectivity index (χ4v) is 4.30. The molecule has 1 unspecified atom stereocenters. The molecule has 0 aromatic rings. The molecule has 0 N–H and O–H groups in total. The minimum absolute atomic E-state index is 0.237. The molecular formula is C21H41NO2. The van der Waals surface area contributed by atoms with Crippen LogP contribution in [-0.2, 0) is 9.47 Å². The maximum absolute atomic E-state index is 6.41. The highest BCUT2D eigenvalue weighted by atomic mass is 16.7. The minimum atomic E-state index is -0.237. The molecule has 1 saturated heterocycles. The van der Waals surface area contributed by atoms with E-state index in [-0.39, 0.29) is 5.79 Å². The molecule has 1 heterocycles. The average Bonchev–Trinajstić information content (AvgIpc) is 2.93. The second-order valence-electron chi connectivity index (χ2n) is 9.03. The second kappa shape index (κ2) is 9.00. The van der Waals surface area contributed by atoms with Crippen molar-refractivity contribution in [3.63, 3.8) is 0 Å². The van der Waals surface area contributed by atoms with Gasteiger partial charge in [0.1, 0.15) is 0 Å².